The Hall–Kier alpha value is -1.54. The van der Waals surface area contributed by atoms with Crippen LogP contribution in [0.15, 0.2) is 29.6 Å². The van der Waals surface area contributed by atoms with E-state index in [1.165, 1.54) is 23.4 Å². The van der Waals surface area contributed by atoms with Crippen LogP contribution in [0.1, 0.15) is 47.3 Å². The van der Waals surface area contributed by atoms with Gasteiger partial charge in [-0.1, -0.05) is 19.1 Å². The number of benzene rings is 1. The first-order valence-electron chi connectivity index (χ1n) is 8.18. The van der Waals surface area contributed by atoms with E-state index in [-0.39, 0.29) is 5.75 Å². The average Bonchev–Trinajstić information content (AvgIpc) is 2.95. The normalized spacial score (nSPS) is 13.6. The van der Waals surface area contributed by atoms with E-state index in [1.54, 1.807) is 23.5 Å². The Morgan fingerprint density at radius 3 is 2.38 bits per heavy atom. The molecule has 0 aliphatic carbocycles. The van der Waals surface area contributed by atoms with Crippen molar-refractivity contribution in [2.75, 3.05) is 0 Å². The maximum atomic E-state index is 12.4. The van der Waals surface area contributed by atoms with Crippen molar-refractivity contribution in [2.45, 2.75) is 51.5 Å². The molecule has 1 aromatic carbocycles. The summed E-state index contributed by atoms with van der Waals surface area (Å²) in [6, 6.07) is 6.75. The Morgan fingerprint density at radius 1 is 1.19 bits per heavy atom. The highest BCUT2D eigenvalue weighted by Crippen LogP contribution is 2.32. The van der Waals surface area contributed by atoms with E-state index in [4.69, 9.17) is 0 Å². The molecular formula is C18H21F3O3S2. The Bertz CT molecular complexity index is 855. The summed E-state index contributed by atoms with van der Waals surface area (Å²) >= 11 is 1.74. The molecule has 144 valence electrons. The Kier molecular flexibility index (Phi) is 6.39. The average molecular weight is 406 g/mol. The maximum absolute atomic E-state index is 12.4. The second-order valence-electron chi connectivity index (χ2n) is 6.25. The molecule has 2 aromatic rings. The van der Waals surface area contributed by atoms with Crippen molar-refractivity contribution in [1.82, 2.24) is 0 Å². The third-order valence-corrected chi connectivity index (χ3v) is 6.33. The fourth-order valence-electron chi connectivity index (χ4n) is 2.68. The van der Waals surface area contributed by atoms with Gasteiger partial charge in [0.2, 0.25) is 0 Å². The highest BCUT2D eigenvalue weighted by atomic mass is 32.2. The van der Waals surface area contributed by atoms with Crippen LogP contribution in [0, 0.1) is 13.8 Å². The number of alkyl halides is 3. The molecule has 0 saturated heterocycles. The van der Waals surface area contributed by atoms with Crippen LogP contribution in [0.25, 0.3) is 0 Å². The topological polar surface area (TPSA) is 43.4 Å². The van der Waals surface area contributed by atoms with Gasteiger partial charge in [-0.3, -0.25) is 0 Å². The van der Waals surface area contributed by atoms with Crippen LogP contribution in [0.5, 0.6) is 5.75 Å². The highest BCUT2D eigenvalue weighted by molar-refractivity contribution is 7.88. The SMILES string of the molecule is CCC(CCc1ccc(OS(=O)(=O)C(F)(F)F)c(C)c1)c1cc(C)cs1. The summed E-state index contributed by atoms with van der Waals surface area (Å²) < 4.78 is 63.8. The van der Waals surface area contributed by atoms with Gasteiger partial charge in [-0.25, -0.2) is 0 Å². The van der Waals surface area contributed by atoms with Gasteiger partial charge < -0.3 is 4.18 Å². The molecule has 2 rings (SSSR count). The summed E-state index contributed by atoms with van der Waals surface area (Å²) in [4.78, 5) is 1.33. The largest absolute Gasteiger partial charge is 0.534 e. The molecule has 0 amide bonds. The van der Waals surface area contributed by atoms with E-state index in [9.17, 15) is 21.6 Å². The van der Waals surface area contributed by atoms with Crippen LogP contribution < -0.4 is 4.18 Å². The first-order valence-corrected chi connectivity index (χ1v) is 10.5. The molecule has 3 nitrogen and oxygen atoms in total. The zero-order valence-corrected chi connectivity index (χ0v) is 16.4. The quantitative estimate of drug-likeness (QED) is 0.436. The summed E-state index contributed by atoms with van der Waals surface area (Å²) in [5.41, 5.74) is -2.90. The molecule has 1 unspecified atom stereocenters. The minimum absolute atomic E-state index is 0.299. The van der Waals surface area contributed by atoms with Crippen molar-refractivity contribution in [3.63, 3.8) is 0 Å². The molecule has 0 saturated carbocycles. The standard InChI is InChI=1S/C18H21F3O3S2/c1-4-15(17-9-12(2)11-25-17)7-5-14-6-8-16(13(3)10-14)24-26(22,23)18(19,20)21/h6,8-11,15H,4-5,7H2,1-3H3. The van der Waals surface area contributed by atoms with E-state index in [0.717, 1.165) is 24.8 Å². The molecule has 0 aliphatic heterocycles. The molecule has 26 heavy (non-hydrogen) atoms. The predicted molar refractivity (Wildman–Crippen MR) is 97.2 cm³/mol. The molecule has 0 spiro atoms. The molecule has 0 bridgehead atoms. The van der Waals surface area contributed by atoms with Gasteiger partial charge in [0.1, 0.15) is 5.75 Å². The summed E-state index contributed by atoms with van der Waals surface area (Å²) in [5, 5.41) is 2.12. The van der Waals surface area contributed by atoms with Crippen molar-refractivity contribution in [3.05, 3.63) is 51.2 Å². The molecule has 0 aliphatic rings. The smallest absolute Gasteiger partial charge is 0.376 e. The van der Waals surface area contributed by atoms with Gasteiger partial charge in [0, 0.05) is 4.88 Å². The zero-order chi connectivity index (χ0) is 19.5. The van der Waals surface area contributed by atoms with Crippen molar-refractivity contribution in [2.24, 2.45) is 0 Å². The van der Waals surface area contributed by atoms with Crippen molar-refractivity contribution in [3.8, 4) is 5.75 Å². The minimum Gasteiger partial charge on any atom is -0.376 e. The first kappa shape index (κ1) is 20.8. The summed E-state index contributed by atoms with van der Waals surface area (Å²) in [7, 11) is -5.65. The van der Waals surface area contributed by atoms with Crippen LogP contribution in [-0.4, -0.2) is 13.9 Å². The number of hydrogen-bond donors (Lipinski definition) is 0. The third kappa shape index (κ3) is 5.01. The lowest BCUT2D eigenvalue weighted by Gasteiger charge is -2.15. The number of aryl methyl sites for hydroxylation is 3. The summed E-state index contributed by atoms with van der Waals surface area (Å²) in [5.74, 6) is 0.127. The number of rotatable bonds is 7. The van der Waals surface area contributed by atoms with Crippen LogP contribution >= 0.6 is 11.3 Å². The van der Waals surface area contributed by atoms with Gasteiger partial charge in [-0.2, -0.15) is 21.6 Å². The molecule has 0 N–H and O–H groups in total. The maximum Gasteiger partial charge on any atom is 0.534 e. The Morgan fingerprint density at radius 2 is 1.88 bits per heavy atom. The molecule has 1 heterocycles. The molecular weight excluding hydrogens is 385 g/mol. The number of halogens is 3. The van der Waals surface area contributed by atoms with Crippen LogP contribution in [0.4, 0.5) is 13.2 Å². The van der Waals surface area contributed by atoms with E-state index in [1.807, 2.05) is 0 Å². The van der Waals surface area contributed by atoms with Gasteiger partial charge >= 0.3 is 15.6 Å². The Labute approximate surface area is 155 Å². The first-order chi connectivity index (χ1) is 12.0. The molecule has 1 atom stereocenters. The second-order valence-corrected chi connectivity index (χ2v) is 8.73. The Balaban J connectivity index is 2.07. The molecule has 0 radical (unpaired) electrons. The zero-order valence-electron chi connectivity index (χ0n) is 14.8. The lowest BCUT2D eigenvalue weighted by molar-refractivity contribution is -0.0500. The van der Waals surface area contributed by atoms with Gasteiger partial charge in [-0.15, -0.1) is 11.3 Å². The molecule has 8 heteroatoms. The van der Waals surface area contributed by atoms with Gasteiger partial charge in [0.25, 0.3) is 0 Å². The van der Waals surface area contributed by atoms with E-state index in [0.29, 0.717) is 11.5 Å². The van der Waals surface area contributed by atoms with Crippen molar-refractivity contribution >= 4 is 21.5 Å². The lowest BCUT2D eigenvalue weighted by atomic mass is 9.95. The third-order valence-electron chi connectivity index (χ3n) is 4.15. The van der Waals surface area contributed by atoms with Crippen molar-refractivity contribution in [1.29, 1.82) is 0 Å². The molecule has 1 aromatic heterocycles. The highest BCUT2D eigenvalue weighted by Gasteiger charge is 2.48. The second kappa shape index (κ2) is 8.00. The fraction of sp³-hybridized carbons (Fsp3) is 0.444. The minimum atomic E-state index is -5.65. The number of hydrogen-bond acceptors (Lipinski definition) is 4. The van der Waals surface area contributed by atoms with Gasteiger partial charge in [-0.05, 0) is 73.2 Å². The number of thiophene rings is 1. The van der Waals surface area contributed by atoms with Crippen LogP contribution in [0.3, 0.4) is 0 Å². The predicted octanol–water partition coefficient (Wildman–Crippen LogP) is 5.72. The molecule has 0 fully saturated rings. The van der Waals surface area contributed by atoms with Crippen LogP contribution in [-0.2, 0) is 16.5 Å². The fourth-order valence-corrected chi connectivity index (χ4v) is 4.32. The van der Waals surface area contributed by atoms with Gasteiger partial charge in [0.05, 0.1) is 0 Å². The van der Waals surface area contributed by atoms with E-state index >= 15 is 0 Å². The van der Waals surface area contributed by atoms with E-state index in [2.05, 4.69) is 29.5 Å². The summed E-state index contributed by atoms with van der Waals surface area (Å²) in [6.45, 7) is 5.72. The summed E-state index contributed by atoms with van der Waals surface area (Å²) in [6.07, 6.45) is 2.67. The van der Waals surface area contributed by atoms with E-state index < -0.39 is 15.6 Å². The lowest BCUT2D eigenvalue weighted by Crippen LogP contribution is -2.28. The van der Waals surface area contributed by atoms with Crippen LogP contribution in [0.2, 0.25) is 0 Å². The van der Waals surface area contributed by atoms with Gasteiger partial charge in [0.15, 0.2) is 0 Å². The van der Waals surface area contributed by atoms with Crippen molar-refractivity contribution < 1.29 is 25.8 Å². The monoisotopic (exact) mass is 406 g/mol.